The molecule has 1 atom stereocenters. The second-order valence-electron chi connectivity index (χ2n) is 4.85. The van der Waals surface area contributed by atoms with Gasteiger partial charge in [0.25, 0.3) is 0 Å². The van der Waals surface area contributed by atoms with Crippen molar-refractivity contribution < 1.29 is 0 Å². The van der Waals surface area contributed by atoms with Gasteiger partial charge in [0.05, 0.1) is 0 Å². The van der Waals surface area contributed by atoms with Crippen LogP contribution in [0.25, 0.3) is 0 Å². The third-order valence-electron chi connectivity index (χ3n) is 3.51. The van der Waals surface area contributed by atoms with Crippen molar-refractivity contribution in [2.45, 2.75) is 32.7 Å². The van der Waals surface area contributed by atoms with Gasteiger partial charge in [0.1, 0.15) is 0 Å². The monoisotopic (exact) mass is 238 g/mol. The van der Waals surface area contributed by atoms with E-state index in [1.54, 1.807) is 0 Å². The van der Waals surface area contributed by atoms with Crippen LogP contribution in [0.3, 0.4) is 0 Å². The van der Waals surface area contributed by atoms with Gasteiger partial charge in [-0.25, -0.2) is 0 Å². The van der Waals surface area contributed by atoms with Gasteiger partial charge in [-0.15, -0.1) is 11.3 Å². The minimum Gasteiger partial charge on any atom is -0.330 e. The first-order valence-electron chi connectivity index (χ1n) is 6.25. The zero-order valence-electron chi connectivity index (χ0n) is 10.1. The molecule has 0 bridgehead atoms. The van der Waals surface area contributed by atoms with E-state index in [4.69, 9.17) is 5.73 Å². The summed E-state index contributed by atoms with van der Waals surface area (Å²) in [6.45, 7) is 6.71. The molecule has 2 N–H and O–H groups in total. The van der Waals surface area contributed by atoms with Crippen LogP contribution in [0.4, 0.5) is 0 Å². The number of nitrogens with two attached hydrogens (primary N) is 1. The molecular weight excluding hydrogens is 216 g/mol. The third kappa shape index (κ3) is 3.06. The van der Waals surface area contributed by atoms with Crippen molar-refractivity contribution in [1.82, 2.24) is 4.90 Å². The topological polar surface area (TPSA) is 29.3 Å². The van der Waals surface area contributed by atoms with Gasteiger partial charge in [-0.3, -0.25) is 4.90 Å². The van der Waals surface area contributed by atoms with Gasteiger partial charge in [0.15, 0.2) is 0 Å². The van der Waals surface area contributed by atoms with Crippen molar-refractivity contribution in [3.05, 3.63) is 21.9 Å². The van der Waals surface area contributed by atoms with Gasteiger partial charge in [-0.2, -0.15) is 0 Å². The van der Waals surface area contributed by atoms with Crippen LogP contribution in [0.2, 0.25) is 0 Å². The van der Waals surface area contributed by atoms with Crippen LogP contribution in [0.15, 0.2) is 11.4 Å². The highest BCUT2D eigenvalue weighted by atomic mass is 32.1. The van der Waals surface area contributed by atoms with Crippen LogP contribution in [0, 0.1) is 12.8 Å². The summed E-state index contributed by atoms with van der Waals surface area (Å²) < 4.78 is 0. The Labute approximate surface area is 102 Å². The van der Waals surface area contributed by atoms with Crippen molar-refractivity contribution in [2.75, 3.05) is 19.6 Å². The van der Waals surface area contributed by atoms with Gasteiger partial charge >= 0.3 is 0 Å². The van der Waals surface area contributed by atoms with E-state index in [1.165, 1.54) is 42.8 Å². The molecule has 3 heteroatoms. The second-order valence-corrected chi connectivity index (χ2v) is 5.85. The molecule has 1 fully saturated rings. The minimum absolute atomic E-state index is 0.832. The fraction of sp³-hybridized carbons (Fsp3) is 0.692. The SMILES string of the molecule is Cc1ccsc1CN1CCCC(CCN)C1. The molecule has 1 saturated heterocycles. The molecule has 1 aliphatic heterocycles. The van der Waals surface area contributed by atoms with Crippen molar-refractivity contribution in [1.29, 1.82) is 0 Å². The van der Waals surface area contributed by atoms with Crippen LogP contribution in [-0.2, 0) is 6.54 Å². The largest absolute Gasteiger partial charge is 0.330 e. The smallest absolute Gasteiger partial charge is 0.0330 e. The van der Waals surface area contributed by atoms with Crippen LogP contribution in [0.1, 0.15) is 29.7 Å². The molecule has 0 aliphatic carbocycles. The highest BCUT2D eigenvalue weighted by Gasteiger charge is 2.19. The molecular formula is C13H22N2S. The predicted molar refractivity (Wildman–Crippen MR) is 70.7 cm³/mol. The number of hydrogen-bond acceptors (Lipinski definition) is 3. The lowest BCUT2D eigenvalue weighted by molar-refractivity contribution is 0.164. The highest BCUT2D eigenvalue weighted by molar-refractivity contribution is 7.10. The van der Waals surface area contributed by atoms with Crippen molar-refractivity contribution in [3.63, 3.8) is 0 Å². The number of thiophene rings is 1. The van der Waals surface area contributed by atoms with E-state index < -0.39 is 0 Å². The Morgan fingerprint density at radius 1 is 1.56 bits per heavy atom. The number of nitrogens with zero attached hydrogens (tertiary/aromatic N) is 1. The first kappa shape index (κ1) is 12.1. The molecule has 16 heavy (non-hydrogen) atoms. The van der Waals surface area contributed by atoms with E-state index in [1.807, 2.05) is 11.3 Å². The Balaban J connectivity index is 1.88. The number of aryl methyl sites for hydroxylation is 1. The van der Waals surface area contributed by atoms with Gasteiger partial charge in [0.2, 0.25) is 0 Å². The second kappa shape index (κ2) is 5.80. The van der Waals surface area contributed by atoms with Gasteiger partial charge < -0.3 is 5.73 Å². The fourth-order valence-electron chi connectivity index (χ4n) is 2.54. The van der Waals surface area contributed by atoms with E-state index in [-0.39, 0.29) is 0 Å². The van der Waals surface area contributed by atoms with Crippen LogP contribution >= 0.6 is 11.3 Å². The third-order valence-corrected chi connectivity index (χ3v) is 4.52. The number of piperidine rings is 1. The average Bonchev–Trinajstić information content (AvgIpc) is 2.66. The van der Waals surface area contributed by atoms with E-state index in [0.717, 1.165) is 19.0 Å². The first-order valence-corrected chi connectivity index (χ1v) is 7.13. The summed E-state index contributed by atoms with van der Waals surface area (Å²) in [6, 6.07) is 2.22. The zero-order valence-corrected chi connectivity index (χ0v) is 10.9. The lowest BCUT2D eigenvalue weighted by Crippen LogP contribution is -2.35. The van der Waals surface area contributed by atoms with Gasteiger partial charge in [0, 0.05) is 18.0 Å². The molecule has 2 nitrogen and oxygen atoms in total. The molecule has 0 amide bonds. The summed E-state index contributed by atoms with van der Waals surface area (Å²) >= 11 is 1.89. The molecule has 1 aliphatic rings. The van der Waals surface area contributed by atoms with E-state index in [0.29, 0.717) is 0 Å². The quantitative estimate of drug-likeness (QED) is 0.873. The normalized spacial score (nSPS) is 22.5. The Hall–Kier alpha value is -0.380. The Morgan fingerprint density at radius 3 is 3.12 bits per heavy atom. The first-order chi connectivity index (χ1) is 7.79. The number of hydrogen-bond donors (Lipinski definition) is 1. The Morgan fingerprint density at radius 2 is 2.44 bits per heavy atom. The highest BCUT2D eigenvalue weighted by Crippen LogP contribution is 2.23. The average molecular weight is 238 g/mol. The molecule has 0 radical (unpaired) electrons. The molecule has 0 saturated carbocycles. The van der Waals surface area contributed by atoms with Crippen LogP contribution in [-0.4, -0.2) is 24.5 Å². The maximum Gasteiger partial charge on any atom is 0.0330 e. The van der Waals surface area contributed by atoms with Crippen molar-refractivity contribution in [3.8, 4) is 0 Å². The number of rotatable bonds is 4. The summed E-state index contributed by atoms with van der Waals surface area (Å²) in [4.78, 5) is 4.14. The summed E-state index contributed by atoms with van der Waals surface area (Å²) in [5, 5.41) is 2.20. The molecule has 90 valence electrons. The van der Waals surface area contributed by atoms with E-state index >= 15 is 0 Å². The summed E-state index contributed by atoms with van der Waals surface area (Å²) in [6.07, 6.45) is 3.91. The van der Waals surface area contributed by atoms with E-state index in [9.17, 15) is 0 Å². The molecule has 2 heterocycles. The summed E-state index contributed by atoms with van der Waals surface area (Å²) in [7, 11) is 0. The maximum absolute atomic E-state index is 5.65. The maximum atomic E-state index is 5.65. The van der Waals surface area contributed by atoms with Crippen LogP contribution in [0.5, 0.6) is 0 Å². The molecule has 0 aromatic carbocycles. The fourth-order valence-corrected chi connectivity index (χ4v) is 3.48. The molecule has 1 unspecified atom stereocenters. The Kier molecular flexibility index (Phi) is 4.38. The van der Waals surface area contributed by atoms with Gasteiger partial charge in [-0.05, 0) is 62.2 Å². The van der Waals surface area contributed by atoms with E-state index in [2.05, 4.69) is 23.3 Å². The zero-order chi connectivity index (χ0) is 11.4. The standard InChI is InChI=1S/C13H22N2S/c1-11-5-8-16-13(11)10-15-7-2-3-12(9-15)4-6-14/h5,8,12H,2-4,6-7,9-10,14H2,1H3. The van der Waals surface area contributed by atoms with Crippen molar-refractivity contribution in [2.24, 2.45) is 11.7 Å². The molecule has 1 aromatic rings. The lowest BCUT2D eigenvalue weighted by atomic mass is 9.95. The molecule has 0 spiro atoms. The molecule has 2 rings (SSSR count). The van der Waals surface area contributed by atoms with Crippen molar-refractivity contribution >= 4 is 11.3 Å². The summed E-state index contributed by atoms with van der Waals surface area (Å²) in [5.41, 5.74) is 7.10. The lowest BCUT2D eigenvalue weighted by Gasteiger charge is -2.32. The van der Waals surface area contributed by atoms with Crippen LogP contribution < -0.4 is 5.73 Å². The number of likely N-dealkylation sites (tertiary alicyclic amines) is 1. The van der Waals surface area contributed by atoms with Gasteiger partial charge in [-0.1, -0.05) is 0 Å². The predicted octanol–water partition coefficient (Wildman–Crippen LogP) is 2.62. The Bertz CT molecular complexity index is 319. The summed E-state index contributed by atoms with van der Waals surface area (Å²) in [5.74, 6) is 0.832. The molecule has 1 aromatic heterocycles. The minimum atomic E-state index is 0.832.